The average molecular weight is 511 g/mol. The van der Waals surface area contributed by atoms with Crippen LogP contribution < -0.4 is 14.8 Å². The van der Waals surface area contributed by atoms with Crippen LogP contribution in [0.3, 0.4) is 0 Å². The van der Waals surface area contributed by atoms with Crippen LogP contribution in [0.4, 0.5) is 0 Å². The molecule has 2 aromatic rings. The Morgan fingerprint density at radius 3 is 2.32 bits per heavy atom. The summed E-state index contributed by atoms with van der Waals surface area (Å²) in [5.41, 5.74) is 1.33. The summed E-state index contributed by atoms with van der Waals surface area (Å²) in [7, 11) is -3.80. The summed E-state index contributed by atoms with van der Waals surface area (Å²) in [6.45, 7) is 4.19. The first-order chi connectivity index (χ1) is 15.9. The maximum Gasteiger partial charge on any atom is 0.322 e. The molecular formula is C25H35ClN2O5S. The van der Waals surface area contributed by atoms with E-state index in [2.05, 4.69) is 17.0 Å². The molecule has 0 saturated carbocycles. The van der Waals surface area contributed by atoms with Gasteiger partial charge in [0, 0.05) is 0 Å². The summed E-state index contributed by atoms with van der Waals surface area (Å²) >= 11 is 0. The summed E-state index contributed by atoms with van der Waals surface area (Å²) in [5.74, 6) is -0.186. The third-order valence-corrected chi connectivity index (χ3v) is 7.31. The molecular weight excluding hydrogens is 476 g/mol. The number of nitrogens with one attached hydrogen (secondary N) is 2. The minimum absolute atomic E-state index is 0. The van der Waals surface area contributed by atoms with Crippen molar-refractivity contribution in [3.05, 3.63) is 65.7 Å². The quantitative estimate of drug-likeness (QED) is 0.401. The van der Waals surface area contributed by atoms with Gasteiger partial charge in [-0.1, -0.05) is 55.8 Å². The molecule has 2 unspecified atom stereocenters. The zero-order valence-corrected chi connectivity index (χ0v) is 21.1. The van der Waals surface area contributed by atoms with Crippen LogP contribution in [-0.2, 0) is 27.0 Å². The van der Waals surface area contributed by atoms with Gasteiger partial charge in [-0.2, -0.15) is 0 Å². The van der Waals surface area contributed by atoms with Gasteiger partial charge in [0.25, 0.3) is 0 Å². The fourth-order valence-corrected chi connectivity index (χ4v) is 5.57. The number of carboxylic acids is 1. The van der Waals surface area contributed by atoms with Gasteiger partial charge < -0.3 is 15.2 Å². The van der Waals surface area contributed by atoms with Crippen LogP contribution in [0.2, 0.25) is 0 Å². The molecule has 3 rings (SSSR count). The Balaban J connectivity index is 0.00000408. The van der Waals surface area contributed by atoms with Crippen LogP contribution in [0.5, 0.6) is 5.75 Å². The van der Waals surface area contributed by atoms with Crippen LogP contribution in [0.15, 0.2) is 54.6 Å². The normalized spacial score (nSPS) is 16.3. The van der Waals surface area contributed by atoms with Crippen molar-refractivity contribution in [2.75, 3.05) is 13.1 Å². The van der Waals surface area contributed by atoms with Crippen molar-refractivity contribution < 1.29 is 23.1 Å². The highest BCUT2D eigenvalue weighted by Crippen LogP contribution is 2.25. The number of benzene rings is 2. The van der Waals surface area contributed by atoms with E-state index >= 15 is 0 Å². The topological polar surface area (TPSA) is 105 Å². The molecule has 188 valence electrons. The number of aliphatic carboxylic acids is 1. The zero-order valence-electron chi connectivity index (χ0n) is 19.5. The maximum atomic E-state index is 12.5. The minimum atomic E-state index is -3.80. The molecule has 0 aromatic heterocycles. The van der Waals surface area contributed by atoms with Gasteiger partial charge in [0.1, 0.15) is 17.9 Å². The lowest BCUT2D eigenvalue weighted by atomic mass is 9.89. The second-order valence-corrected chi connectivity index (χ2v) is 10.4. The lowest BCUT2D eigenvalue weighted by molar-refractivity contribution is -0.138. The molecule has 1 fully saturated rings. The number of carboxylic acid groups (broad SMARTS) is 1. The van der Waals surface area contributed by atoms with Gasteiger partial charge in [0.05, 0.1) is 5.75 Å². The number of carbonyl (C=O) groups is 1. The van der Waals surface area contributed by atoms with Crippen LogP contribution >= 0.6 is 12.4 Å². The highest BCUT2D eigenvalue weighted by atomic mass is 35.5. The van der Waals surface area contributed by atoms with Crippen molar-refractivity contribution in [3.8, 4) is 5.75 Å². The Kier molecular flexibility index (Phi) is 11.3. The zero-order chi connectivity index (χ0) is 23.7. The maximum absolute atomic E-state index is 12.5. The van der Waals surface area contributed by atoms with E-state index in [0.717, 1.165) is 50.1 Å². The van der Waals surface area contributed by atoms with Gasteiger partial charge in [0.15, 0.2) is 0 Å². The number of sulfonamides is 1. The molecule has 1 saturated heterocycles. The summed E-state index contributed by atoms with van der Waals surface area (Å²) in [5, 5.41) is 13.0. The highest BCUT2D eigenvalue weighted by Gasteiger charge is 2.26. The smallest absolute Gasteiger partial charge is 0.322 e. The average Bonchev–Trinajstić information content (AvgIpc) is 2.80. The minimum Gasteiger partial charge on any atom is -0.490 e. The number of halogens is 1. The molecule has 1 aliphatic rings. The molecule has 0 aliphatic carbocycles. The second kappa shape index (κ2) is 13.7. The number of ether oxygens (including phenoxy) is 1. The summed E-state index contributed by atoms with van der Waals surface area (Å²) in [6.07, 6.45) is 4.47. The van der Waals surface area contributed by atoms with Crippen molar-refractivity contribution in [2.24, 2.45) is 5.92 Å². The van der Waals surface area contributed by atoms with Gasteiger partial charge in [-0.15, -0.1) is 12.4 Å². The van der Waals surface area contributed by atoms with E-state index in [9.17, 15) is 18.3 Å². The molecule has 1 heterocycles. The Hall–Kier alpha value is -2.13. The van der Waals surface area contributed by atoms with Crippen LogP contribution in [-0.4, -0.2) is 44.7 Å². The third-order valence-electron chi connectivity index (χ3n) is 5.95. The van der Waals surface area contributed by atoms with Crippen molar-refractivity contribution in [2.45, 2.75) is 56.9 Å². The number of rotatable bonds is 12. The van der Waals surface area contributed by atoms with Gasteiger partial charge in [-0.05, 0) is 68.0 Å². The van der Waals surface area contributed by atoms with E-state index in [1.54, 1.807) is 30.3 Å². The fourth-order valence-electron chi connectivity index (χ4n) is 4.24. The molecule has 34 heavy (non-hydrogen) atoms. The number of hydrogen-bond donors (Lipinski definition) is 3. The van der Waals surface area contributed by atoms with Gasteiger partial charge in [-0.25, -0.2) is 13.1 Å². The molecule has 0 spiro atoms. The van der Waals surface area contributed by atoms with Crippen molar-refractivity contribution in [1.82, 2.24) is 10.0 Å². The third kappa shape index (κ3) is 8.91. The lowest BCUT2D eigenvalue weighted by Crippen LogP contribution is -2.42. The Morgan fingerprint density at radius 2 is 1.74 bits per heavy atom. The molecule has 7 nitrogen and oxygen atoms in total. The van der Waals surface area contributed by atoms with Crippen molar-refractivity contribution >= 4 is 28.4 Å². The van der Waals surface area contributed by atoms with E-state index in [4.69, 9.17) is 4.74 Å². The second-order valence-electron chi connectivity index (χ2n) is 8.63. The molecule has 3 N–H and O–H groups in total. The van der Waals surface area contributed by atoms with Gasteiger partial charge in [0.2, 0.25) is 10.0 Å². The molecule has 0 amide bonds. The number of piperidine rings is 1. The fraction of sp³-hybridized carbons (Fsp3) is 0.480. The number of hydrogen-bond acceptors (Lipinski definition) is 5. The van der Waals surface area contributed by atoms with Gasteiger partial charge >= 0.3 is 5.97 Å². The Bertz CT molecular complexity index is 980. The first-order valence-electron chi connectivity index (χ1n) is 11.6. The Labute approximate surface area is 208 Å². The van der Waals surface area contributed by atoms with Crippen molar-refractivity contribution in [1.29, 1.82) is 0 Å². The van der Waals surface area contributed by atoms with Crippen LogP contribution in [0.1, 0.15) is 43.7 Å². The molecule has 0 radical (unpaired) electrons. The van der Waals surface area contributed by atoms with E-state index in [1.165, 1.54) is 0 Å². The predicted octanol–water partition coefficient (Wildman–Crippen LogP) is 3.77. The van der Waals surface area contributed by atoms with E-state index in [-0.39, 0.29) is 30.7 Å². The molecule has 2 atom stereocenters. The summed E-state index contributed by atoms with van der Waals surface area (Å²) in [4.78, 5) is 11.7. The Morgan fingerprint density at radius 1 is 1.09 bits per heavy atom. The van der Waals surface area contributed by atoms with Crippen LogP contribution in [0, 0.1) is 5.92 Å². The molecule has 2 aromatic carbocycles. The summed E-state index contributed by atoms with van der Waals surface area (Å²) < 4.78 is 33.6. The molecule has 1 aliphatic heterocycles. The van der Waals surface area contributed by atoms with Crippen LogP contribution in [0.25, 0.3) is 0 Å². The van der Waals surface area contributed by atoms with E-state index in [0.29, 0.717) is 11.5 Å². The first-order valence-corrected chi connectivity index (χ1v) is 13.2. The standard InChI is InChI=1S/C25H34N2O5S.ClH/c1-2-6-24(21-13-15-26-16-14-21)32-22-11-9-19(10-12-22)17-23(25(28)29)27-33(30,31)18-20-7-4-3-5-8-20;/h3-5,7-12,21,23-24,26-27H,2,6,13-18H2,1H3,(H,28,29);1H. The van der Waals surface area contributed by atoms with E-state index < -0.39 is 22.0 Å². The molecule has 9 heteroatoms. The largest absolute Gasteiger partial charge is 0.490 e. The van der Waals surface area contributed by atoms with Crippen molar-refractivity contribution in [3.63, 3.8) is 0 Å². The first kappa shape index (κ1) is 28.1. The van der Waals surface area contributed by atoms with E-state index in [1.807, 2.05) is 24.3 Å². The highest BCUT2D eigenvalue weighted by molar-refractivity contribution is 7.88. The molecule has 0 bridgehead atoms. The van der Waals surface area contributed by atoms with Gasteiger partial charge in [-0.3, -0.25) is 4.79 Å². The predicted molar refractivity (Wildman–Crippen MR) is 136 cm³/mol. The monoisotopic (exact) mass is 510 g/mol. The lowest BCUT2D eigenvalue weighted by Gasteiger charge is -2.31. The summed E-state index contributed by atoms with van der Waals surface area (Å²) in [6, 6.07) is 14.8. The SMILES string of the molecule is CCCC(Oc1ccc(CC(NS(=O)(=O)Cc2ccccc2)C(=O)O)cc1)C1CCNCC1.Cl.